The van der Waals surface area contributed by atoms with E-state index in [1.807, 2.05) is 12.3 Å². The second-order valence-corrected chi connectivity index (χ2v) is 8.24. The van der Waals surface area contributed by atoms with Gasteiger partial charge in [-0.2, -0.15) is 5.10 Å². The first-order chi connectivity index (χ1) is 14.4. The lowest BCUT2D eigenvalue weighted by Gasteiger charge is -2.14. The van der Waals surface area contributed by atoms with Crippen LogP contribution in [-0.4, -0.2) is 33.3 Å². The topological polar surface area (TPSA) is 69.4 Å². The smallest absolute Gasteiger partial charge is 0.116 e. The molecule has 5 heterocycles. The van der Waals surface area contributed by atoms with Crippen LogP contribution >= 0.6 is 11.3 Å². The van der Waals surface area contributed by atoms with Gasteiger partial charge in [0.05, 0.1) is 21.8 Å². The Bertz CT molecular complexity index is 1360. The molecular weight excluding hydrogens is 378 g/mol. The lowest BCUT2D eigenvalue weighted by molar-refractivity contribution is 0.739. The van der Waals surface area contributed by atoms with Crippen molar-refractivity contribution in [1.29, 1.82) is 0 Å². The lowest BCUT2D eigenvalue weighted by Crippen LogP contribution is -2.19. The van der Waals surface area contributed by atoms with Gasteiger partial charge in [-0.25, -0.2) is 0 Å². The van der Waals surface area contributed by atoms with Crippen molar-refractivity contribution >= 4 is 38.7 Å². The fourth-order valence-electron chi connectivity index (χ4n) is 4.09. The van der Waals surface area contributed by atoms with Crippen LogP contribution in [0.5, 0.6) is 0 Å². The molecule has 0 saturated heterocycles. The summed E-state index contributed by atoms with van der Waals surface area (Å²) in [6, 6.07) is 14.9. The van der Waals surface area contributed by atoms with Gasteiger partial charge in [-0.3, -0.25) is 10.1 Å². The molecule has 0 atom stereocenters. The SMILES string of the molecule is C1=C(c2ccc3[nH]nc(-c4cc5c(-c6cccs6)nccc5[nH]4)c3c2)CCNC1. The molecule has 142 valence electrons. The summed E-state index contributed by atoms with van der Waals surface area (Å²) in [5, 5.41) is 15.5. The van der Waals surface area contributed by atoms with Gasteiger partial charge >= 0.3 is 0 Å². The number of aromatic nitrogens is 4. The maximum absolute atomic E-state index is 4.63. The van der Waals surface area contributed by atoms with Crippen molar-refractivity contribution < 1.29 is 0 Å². The summed E-state index contributed by atoms with van der Waals surface area (Å²) in [6.45, 7) is 1.97. The van der Waals surface area contributed by atoms with Gasteiger partial charge in [-0.1, -0.05) is 18.2 Å². The first-order valence-electron chi connectivity index (χ1n) is 9.77. The molecule has 1 aromatic carbocycles. The number of H-pyrrole nitrogens is 2. The van der Waals surface area contributed by atoms with E-state index in [0.29, 0.717) is 0 Å². The fourth-order valence-corrected chi connectivity index (χ4v) is 4.83. The Morgan fingerprint density at radius 1 is 0.966 bits per heavy atom. The Labute approximate surface area is 171 Å². The highest BCUT2D eigenvalue weighted by molar-refractivity contribution is 7.13. The van der Waals surface area contributed by atoms with E-state index in [-0.39, 0.29) is 0 Å². The number of hydrogen-bond donors (Lipinski definition) is 3. The van der Waals surface area contributed by atoms with Crippen LogP contribution in [0.25, 0.3) is 49.3 Å². The molecule has 0 amide bonds. The molecular formula is C23H19N5S. The van der Waals surface area contributed by atoms with Crippen molar-refractivity contribution in [2.45, 2.75) is 6.42 Å². The van der Waals surface area contributed by atoms with Crippen molar-refractivity contribution in [3.63, 3.8) is 0 Å². The van der Waals surface area contributed by atoms with Crippen LogP contribution in [0.4, 0.5) is 0 Å². The number of rotatable bonds is 3. The number of hydrogen-bond acceptors (Lipinski definition) is 4. The molecule has 4 aromatic heterocycles. The van der Waals surface area contributed by atoms with E-state index in [9.17, 15) is 0 Å². The predicted molar refractivity (Wildman–Crippen MR) is 120 cm³/mol. The molecule has 3 N–H and O–H groups in total. The number of nitrogens with one attached hydrogen (secondary N) is 3. The summed E-state index contributed by atoms with van der Waals surface area (Å²) in [5.74, 6) is 0. The number of pyridine rings is 1. The van der Waals surface area contributed by atoms with Crippen LogP contribution in [0.3, 0.4) is 0 Å². The third-order valence-electron chi connectivity index (χ3n) is 5.56. The minimum atomic E-state index is 0.937. The van der Waals surface area contributed by atoms with Gasteiger partial charge in [-0.15, -0.1) is 11.3 Å². The maximum atomic E-state index is 4.63. The highest BCUT2D eigenvalue weighted by atomic mass is 32.1. The van der Waals surface area contributed by atoms with Crippen LogP contribution in [-0.2, 0) is 0 Å². The van der Waals surface area contributed by atoms with Gasteiger partial charge < -0.3 is 10.3 Å². The molecule has 0 spiro atoms. The fraction of sp³-hybridized carbons (Fsp3) is 0.130. The van der Waals surface area contributed by atoms with Crippen LogP contribution in [0.1, 0.15) is 12.0 Å². The normalized spacial score (nSPS) is 14.6. The molecule has 6 rings (SSSR count). The summed E-state index contributed by atoms with van der Waals surface area (Å²) in [5.41, 5.74) is 7.77. The zero-order valence-electron chi connectivity index (χ0n) is 15.7. The maximum Gasteiger partial charge on any atom is 0.116 e. The van der Waals surface area contributed by atoms with Crippen molar-refractivity contribution in [3.8, 4) is 22.0 Å². The van der Waals surface area contributed by atoms with Gasteiger partial charge in [0.1, 0.15) is 5.69 Å². The number of benzene rings is 1. The zero-order valence-corrected chi connectivity index (χ0v) is 16.5. The molecule has 6 heteroatoms. The number of aromatic amines is 2. The monoisotopic (exact) mass is 397 g/mol. The van der Waals surface area contributed by atoms with E-state index < -0.39 is 0 Å². The Hall–Kier alpha value is -3.22. The van der Waals surface area contributed by atoms with Crippen LogP contribution in [0, 0.1) is 0 Å². The van der Waals surface area contributed by atoms with Gasteiger partial charge in [-0.05, 0) is 59.8 Å². The van der Waals surface area contributed by atoms with E-state index in [1.165, 1.54) is 16.0 Å². The molecule has 0 bridgehead atoms. The number of fused-ring (bicyclic) bond motifs is 2. The van der Waals surface area contributed by atoms with Crippen molar-refractivity contribution in [3.05, 3.63) is 65.7 Å². The largest absolute Gasteiger partial charge is 0.353 e. The average Bonchev–Trinajstić information content (AvgIpc) is 3.52. The zero-order chi connectivity index (χ0) is 19.2. The van der Waals surface area contributed by atoms with E-state index in [2.05, 4.69) is 73.3 Å². The summed E-state index contributed by atoms with van der Waals surface area (Å²) >= 11 is 1.71. The van der Waals surface area contributed by atoms with E-state index in [1.54, 1.807) is 11.3 Å². The highest BCUT2D eigenvalue weighted by Gasteiger charge is 2.15. The van der Waals surface area contributed by atoms with E-state index in [0.717, 1.165) is 58.4 Å². The lowest BCUT2D eigenvalue weighted by atomic mass is 9.98. The summed E-state index contributed by atoms with van der Waals surface area (Å²) in [6.07, 6.45) is 5.20. The minimum Gasteiger partial charge on any atom is -0.353 e. The van der Waals surface area contributed by atoms with Crippen LogP contribution < -0.4 is 5.32 Å². The molecule has 5 nitrogen and oxygen atoms in total. The molecule has 0 radical (unpaired) electrons. The molecule has 5 aromatic rings. The second-order valence-electron chi connectivity index (χ2n) is 7.30. The van der Waals surface area contributed by atoms with Crippen LogP contribution in [0.15, 0.2) is 60.1 Å². The Morgan fingerprint density at radius 2 is 1.93 bits per heavy atom. The number of thiophene rings is 1. The van der Waals surface area contributed by atoms with Crippen LogP contribution in [0.2, 0.25) is 0 Å². The van der Waals surface area contributed by atoms with E-state index >= 15 is 0 Å². The molecule has 1 aliphatic heterocycles. The predicted octanol–water partition coefficient (Wildman–Crippen LogP) is 5.21. The molecule has 1 aliphatic rings. The summed E-state index contributed by atoms with van der Waals surface area (Å²) < 4.78 is 0. The summed E-state index contributed by atoms with van der Waals surface area (Å²) in [7, 11) is 0. The first kappa shape index (κ1) is 16.7. The molecule has 29 heavy (non-hydrogen) atoms. The quantitative estimate of drug-likeness (QED) is 0.391. The highest BCUT2D eigenvalue weighted by Crippen LogP contribution is 2.35. The van der Waals surface area contributed by atoms with Gasteiger partial charge in [0, 0.05) is 29.0 Å². The molecule has 0 aliphatic carbocycles. The molecule has 0 fully saturated rings. The molecule has 0 unspecified atom stereocenters. The molecule has 0 saturated carbocycles. The number of nitrogens with zero attached hydrogens (tertiary/aromatic N) is 2. The van der Waals surface area contributed by atoms with Crippen molar-refractivity contribution in [2.75, 3.05) is 13.1 Å². The van der Waals surface area contributed by atoms with Crippen molar-refractivity contribution in [2.24, 2.45) is 0 Å². The first-order valence-corrected chi connectivity index (χ1v) is 10.6. The second kappa shape index (κ2) is 6.69. The van der Waals surface area contributed by atoms with Crippen molar-refractivity contribution in [1.82, 2.24) is 25.5 Å². The third kappa shape index (κ3) is 2.80. The minimum absolute atomic E-state index is 0.937. The van der Waals surface area contributed by atoms with Gasteiger partial charge in [0.15, 0.2) is 0 Å². The Balaban J connectivity index is 1.50. The van der Waals surface area contributed by atoms with Gasteiger partial charge in [0.2, 0.25) is 0 Å². The Morgan fingerprint density at radius 3 is 2.79 bits per heavy atom. The standard InChI is InChI=1S/C23H19N5S/c1-2-21(29-11-1)23-17-13-20(26-18(17)7-10-25-23)22-16-12-15(3-4-19(16)27-28-22)14-5-8-24-9-6-14/h1-5,7,10-13,24,26H,6,8-9H2,(H,27,28). The third-order valence-corrected chi connectivity index (χ3v) is 6.43. The summed E-state index contributed by atoms with van der Waals surface area (Å²) in [4.78, 5) is 9.35. The van der Waals surface area contributed by atoms with E-state index in [4.69, 9.17) is 0 Å². The average molecular weight is 398 g/mol. The Kier molecular flexibility index (Phi) is 3.85. The van der Waals surface area contributed by atoms with Gasteiger partial charge in [0.25, 0.3) is 0 Å².